The van der Waals surface area contributed by atoms with Crippen LogP contribution in [0.3, 0.4) is 0 Å². The SMILES string of the molecule is COc1cc(C2=NOCC(c3nc4cccc(C)c4o3)N2C)ccc1-n1cnc(C)c1. The number of benzene rings is 2. The minimum atomic E-state index is -0.193. The van der Waals surface area contributed by atoms with E-state index in [4.69, 9.17) is 14.0 Å². The average molecular weight is 417 g/mol. The molecule has 31 heavy (non-hydrogen) atoms. The molecule has 0 saturated carbocycles. The molecule has 5 rings (SSSR count). The Bertz CT molecular complexity index is 1290. The van der Waals surface area contributed by atoms with Crippen LogP contribution in [0, 0.1) is 13.8 Å². The first-order chi connectivity index (χ1) is 15.0. The molecule has 0 fully saturated rings. The van der Waals surface area contributed by atoms with Gasteiger partial charge in [0.1, 0.15) is 23.9 Å². The molecular weight excluding hydrogens is 394 g/mol. The largest absolute Gasteiger partial charge is 0.495 e. The van der Waals surface area contributed by atoms with Crippen LogP contribution in [0.15, 0.2) is 58.5 Å². The van der Waals surface area contributed by atoms with Gasteiger partial charge in [-0.05, 0) is 43.7 Å². The van der Waals surface area contributed by atoms with Crippen LogP contribution >= 0.6 is 0 Å². The lowest BCUT2D eigenvalue weighted by molar-refractivity contribution is 0.0599. The van der Waals surface area contributed by atoms with Gasteiger partial charge in [-0.2, -0.15) is 0 Å². The normalized spacial score (nSPS) is 16.3. The molecule has 158 valence electrons. The summed E-state index contributed by atoms with van der Waals surface area (Å²) < 4.78 is 13.7. The van der Waals surface area contributed by atoms with E-state index >= 15 is 0 Å². The zero-order valence-corrected chi connectivity index (χ0v) is 17.9. The molecule has 1 aliphatic rings. The second-order valence-corrected chi connectivity index (χ2v) is 7.62. The maximum Gasteiger partial charge on any atom is 0.221 e. The quantitative estimate of drug-likeness (QED) is 0.499. The fourth-order valence-corrected chi connectivity index (χ4v) is 3.82. The van der Waals surface area contributed by atoms with Gasteiger partial charge >= 0.3 is 0 Å². The van der Waals surface area contributed by atoms with Gasteiger partial charge in [0.05, 0.1) is 24.8 Å². The molecule has 0 aliphatic carbocycles. The molecule has 0 bridgehead atoms. The zero-order chi connectivity index (χ0) is 21.5. The van der Waals surface area contributed by atoms with E-state index < -0.39 is 0 Å². The zero-order valence-electron chi connectivity index (χ0n) is 17.9. The van der Waals surface area contributed by atoms with Crippen molar-refractivity contribution in [1.29, 1.82) is 0 Å². The number of para-hydroxylation sites is 1. The number of oxime groups is 1. The van der Waals surface area contributed by atoms with Crippen molar-refractivity contribution in [3.63, 3.8) is 0 Å². The van der Waals surface area contributed by atoms with E-state index in [0.29, 0.717) is 24.1 Å². The molecule has 8 heteroatoms. The molecule has 3 heterocycles. The van der Waals surface area contributed by atoms with Crippen molar-refractivity contribution in [3.8, 4) is 11.4 Å². The smallest absolute Gasteiger partial charge is 0.221 e. The highest BCUT2D eigenvalue weighted by atomic mass is 16.6. The number of imidazole rings is 1. The summed E-state index contributed by atoms with van der Waals surface area (Å²) in [6.45, 7) is 4.32. The van der Waals surface area contributed by atoms with E-state index in [-0.39, 0.29) is 6.04 Å². The molecule has 1 unspecified atom stereocenters. The Kier molecular flexibility index (Phi) is 4.62. The number of hydrogen-bond donors (Lipinski definition) is 0. The van der Waals surface area contributed by atoms with E-state index in [0.717, 1.165) is 33.6 Å². The summed E-state index contributed by atoms with van der Waals surface area (Å²) in [5.74, 6) is 2.00. The van der Waals surface area contributed by atoms with Crippen molar-refractivity contribution in [2.45, 2.75) is 19.9 Å². The molecule has 1 aliphatic heterocycles. The molecule has 4 aromatic rings. The molecule has 2 aromatic carbocycles. The van der Waals surface area contributed by atoms with Gasteiger partial charge in [-0.25, -0.2) is 9.97 Å². The number of methoxy groups -OCH3 is 1. The molecule has 0 radical (unpaired) electrons. The number of ether oxygens (including phenoxy) is 1. The van der Waals surface area contributed by atoms with Gasteiger partial charge in [0.25, 0.3) is 0 Å². The molecule has 8 nitrogen and oxygen atoms in total. The number of aryl methyl sites for hydroxylation is 2. The lowest BCUT2D eigenvalue weighted by Gasteiger charge is -2.31. The van der Waals surface area contributed by atoms with Crippen LogP contribution in [0.2, 0.25) is 0 Å². The van der Waals surface area contributed by atoms with Crippen molar-refractivity contribution in [3.05, 3.63) is 71.6 Å². The molecule has 0 saturated heterocycles. The third kappa shape index (κ3) is 3.30. The fraction of sp³-hybridized carbons (Fsp3) is 0.261. The first-order valence-corrected chi connectivity index (χ1v) is 10.0. The van der Waals surface area contributed by atoms with Crippen LogP contribution in [0.5, 0.6) is 5.75 Å². The van der Waals surface area contributed by atoms with Crippen LogP contribution < -0.4 is 4.74 Å². The predicted octanol–water partition coefficient (Wildman–Crippen LogP) is 4.00. The standard InChI is InChI=1S/C23H23N5O3/c1-14-6-5-7-17-21(14)31-23(25-17)19-12-30-26-22(27(19)3)16-8-9-18(20(10-16)29-4)28-11-15(2)24-13-28/h5-11,13,19H,12H2,1-4H3. The number of aromatic nitrogens is 3. The molecule has 0 spiro atoms. The Morgan fingerprint density at radius 3 is 2.77 bits per heavy atom. The Morgan fingerprint density at radius 2 is 2.03 bits per heavy atom. The topological polar surface area (TPSA) is 77.9 Å². The summed E-state index contributed by atoms with van der Waals surface area (Å²) in [6.07, 6.45) is 3.72. The summed E-state index contributed by atoms with van der Waals surface area (Å²) in [5.41, 5.74) is 5.41. The highest BCUT2D eigenvalue weighted by Gasteiger charge is 2.31. The van der Waals surface area contributed by atoms with Gasteiger partial charge in [0.15, 0.2) is 11.4 Å². The second-order valence-electron chi connectivity index (χ2n) is 7.62. The monoisotopic (exact) mass is 417 g/mol. The third-order valence-electron chi connectivity index (χ3n) is 5.53. The summed E-state index contributed by atoms with van der Waals surface area (Å²) in [5, 5.41) is 4.31. The second kappa shape index (κ2) is 7.46. The Balaban J connectivity index is 1.48. The summed E-state index contributed by atoms with van der Waals surface area (Å²) in [4.78, 5) is 16.6. The maximum atomic E-state index is 6.09. The first-order valence-electron chi connectivity index (χ1n) is 10.0. The Morgan fingerprint density at radius 1 is 1.16 bits per heavy atom. The van der Waals surface area contributed by atoms with Gasteiger partial charge in [0.2, 0.25) is 5.89 Å². The number of amidine groups is 1. The van der Waals surface area contributed by atoms with E-state index in [2.05, 4.69) is 15.1 Å². The molecule has 0 N–H and O–H groups in total. The number of oxazole rings is 1. The molecule has 0 amide bonds. The predicted molar refractivity (Wildman–Crippen MR) is 117 cm³/mol. The third-order valence-corrected chi connectivity index (χ3v) is 5.53. The number of nitrogens with zero attached hydrogens (tertiary/aromatic N) is 5. The van der Waals surface area contributed by atoms with E-state index in [1.54, 1.807) is 13.4 Å². The molecular formula is C23H23N5O3. The lowest BCUT2D eigenvalue weighted by Crippen LogP contribution is -2.38. The van der Waals surface area contributed by atoms with Gasteiger partial charge in [-0.3, -0.25) is 0 Å². The van der Waals surface area contributed by atoms with Crippen LogP contribution in [-0.2, 0) is 4.84 Å². The minimum absolute atomic E-state index is 0.193. The molecule has 1 atom stereocenters. The number of likely N-dealkylation sites (N-methyl/N-ethyl adjacent to an activating group) is 1. The van der Waals surface area contributed by atoms with Crippen LogP contribution in [0.4, 0.5) is 0 Å². The van der Waals surface area contributed by atoms with Crippen molar-refractivity contribution in [1.82, 2.24) is 19.4 Å². The number of rotatable bonds is 4. The maximum absolute atomic E-state index is 6.09. The fourth-order valence-electron chi connectivity index (χ4n) is 3.82. The number of hydrogen-bond acceptors (Lipinski definition) is 7. The average Bonchev–Trinajstić information content (AvgIpc) is 3.40. The van der Waals surface area contributed by atoms with Crippen molar-refractivity contribution < 1.29 is 14.0 Å². The Hall–Kier alpha value is -3.81. The van der Waals surface area contributed by atoms with Gasteiger partial charge in [-0.1, -0.05) is 17.3 Å². The first kappa shape index (κ1) is 19.2. The van der Waals surface area contributed by atoms with Gasteiger partial charge in [-0.15, -0.1) is 0 Å². The van der Waals surface area contributed by atoms with Crippen molar-refractivity contribution in [2.75, 3.05) is 20.8 Å². The highest BCUT2D eigenvalue weighted by molar-refractivity contribution is 5.99. The van der Waals surface area contributed by atoms with Crippen molar-refractivity contribution in [2.24, 2.45) is 5.16 Å². The van der Waals surface area contributed by atoms with Gasteiger partial charge in [0, 0.05) is 18.8 Å². The van der Waals surface area contributed by atoms with Crippen molar-refractivity contribution >= 4 is 16.9 Å². The summed E-state index contributed by atoms with van der Waals surface area (Å²) >= 11 is 0. The van der Waals surface area contributed by atoms with E-state index in [9.17, 15) is 0 Å². The van der Waals surface area contributed by atoms with Crippen LogP contribution in [-0.4, -0.2) is 46.0 Å². The van der Waals surface area contributed by atoms with Crippen LogP contribution in [0.25, 0.3) is 16.8 Å². The number of fused-ring (bicyclic) bond motifs is 1. The van der Waals surface area contributed by atoms with E-state index in [1.807, 2.05) is 73.0 Å². The lowest BCUT2D eigenvalue weighted by atomic mass is 10.1. The van der Waals surface area contributed by atoms with Gasteiger partial charge < -0.3 is 23.5 Å². The van der Waals surface area contributed by atoms with Crippen LogP contribution in [0.1, 0.15) is 28.8 Å². The summed E-state index contributed by atoms with van der Waals surface area (Å²) in [7, 11) is 3.62. The molecule has 2 aromatic heterocycles. The minimum Gasteiger partial charge on any atom is -0.495 e. The Labute approximate surface area is 179 Å². The highest BCUT2D eigenvalue weighted by Crippen LogP contribution is 2.31. The summed E-state index contributed by atoms with van der Waals surface area (Å²) in [6, 6.07) is 11.7. The van der Waals surface area contributed by atoms with E-state index in [1.165, 1.54) is 0 Å².